The average Bonchev–Trinajstić information content (AvgIpc) is 2.67. The fourth-order valence-electron chi connectivity index (χ4n) is 2.77. The molecule has 1 aliphatic rings. The van der Waals surface area contributed by atoms with E-state index in [1.54, 1.807) is 5.56 Å². The van der Waals surface area contributed by atoms with E-state index in [9.17, 15) is 0 Å². The topological polar surface area (TPSA) is 12.0 Å². The summed E-state index contributed by atoms with van der Waals surface area (Å²) in [5.41, 5.74) is 3.01. The maximum atomic E-state index is 3.53. The van der Waals surface area contributed by atoms with Crippen LogP contribution in [0.3, 0.4) is 0 Å². The molecule has 1 N–H and O–H groups in total. The number of nitrogens with one attached hydrogen (secondary N) is 1. The van der Waals surface area contributed by atoms with Crippen molar-refractivity contribution in [3.8, 4) is 0 Å². The molecule has 0 bridgehead atoms. The third-order valence-electron chi connectivity index (χ3n) is 3.59. The fourth-order valence-corrected chi connectivity index (χ4v) is 2.77. The summed E-state index contributed by atoms with van der Waals surface area (Å²) in [5.74, 6) is 1.59. The van der Waals surface area contributed by atoms with Crippen molar-refractivity contribution in [3.05, 3.63) is 35.4 Å². The Hall–Kier alpha value is -0.820. The van der Waals surface area contributed by atoms with Gasteiger partial charge in [0.1, 0.15) is 0 Å². The number of hydrogen-bond acceptors (Lipinski definition) is 1. The molecule has 2 rings (SSSR count). The molecule has 1 fully saturated rings. The second-order valence-electron chi connectivity index (χ2n) is 4.67. The third-order valence-corrected chi connectivity index (χ3v) is 3.59. The van der Waals surface area contributed by atoms with Crippen LogP contribution in [0.5, 0.6) is 0 Å². The van der Waals surface area contributed by atoms with Gasteiger partial charge in [0, 0.05) is 12.5 Å². The van der Waals surface area contributed by atoms with Gasteiger partial charge in [-0.15, -0.1) is 0 Å². The lowest BCUT2D eigenvalue weighted by Gasteiger charge is -2.20. The van der Waals surface area contributed by atoms with E-state index in [1.807, 2.05) is 0 Å². The number of aryl methyl sites for hydroxylation is 1. The Labute approximate surface area is 92.9 Å². The van der Waals surface area contributed by atoms with E-state index < -0.39 is 0 Å². The van der Waals surface area contributed by atoms with Gasteiger partial charge in [0.25, 0.3) is 0 Å². The quantitative estimate of drug-likeness (QED) is 0.796. The Balaban J connectivity index is 2.19. The van der Waals surface area contributed by atoms with Crippen LogP contribution in [0.25, 0.3) is 0 Å². The van der Waals surface area contributed by atoms with Crippen molar-refractivity contribution in [2.45, 2.75) is 32.6 Å². The largest absolute Gasteiger partial charge is 0.316 e. The lowest BCUT2D eigenvalue weighted by atomic mass is 9.84. The molecular weight excluding hydrogens is 182 g/mol. The normalized spacial score (nSPS) is 25.7. The summed E-state index contributed by atoms with van der Waals surface area (Å²) < 4.78 is 0. The summed E-state index contributed by atoms with van der Waals surface area (Å²) in [6.45, 7) is 6.88. The molecule has 0 saturated carbocycles. The van der Waals surface area contributed by atoms with Crippen molar-refractivity contribution in [2.75, 3.05) is 13.1 Å². The highest BCUT2D eigenvalue weighted by Crippen LogP contribution is 2.32. The number of rotatable bonds is 3. The highest BCUT2D eigenvalue weighted by molar-refractivity contribution is 5.30. The number of benzene rings is 1. The molecule has 0 aliphatic carbocycles. The van der Waals surface area contributed by atoms with E-state index >= 15 is 0 Å². The van der Waals surface area contributed by atoms with Gasteiger partial charge in [0.2, 0.25) is 0 Å². The summed E-state index contributed by atoms with van der Waals surface area (Å²) in [4.78, 5) is 0. The minimum atomic E-state index is 0.742. The lowest BCUT2D eigenvalue weighted by molar-refractivity contribution is 0.472. The summed E-state index contributed by atoms with van der Waals surface area (Å²) in [5, 5.41) is 3.53. The molecule has 1 saturated heterocycles. The van der Waals surface area contributed by atoms with E-state index in [-0.39, 0.29) is 0 Å². The molecule has 1 heteroatoms. The SMILES string of the molecule is CCC[C@@H]1CNC[C@@H]1c1ccccc1C. The van der Waals surface area contributed by atoms with Crippen LogP contribution in [-0.2, 0) is 0 Å². The standard InChI is InChI=1S/C14H21N/c1-3-6-12-9-15-10-14(12)13-8-5-4-7-11(13)2/h4-5,7-8,12,14-15H,3,6,9-10H2,1-2H3/t12-,14+/m1/s1. The first-order valence-electron chi connectivity index (χ1n) is 6.09. The van der Waals surface area contributed by atoms with Gasteiger partial charge in [-0.1, -0.05) is 37.6 Å². The first-order chi connectivity index (χ1) is 7.33. The predicted molar refractivity (Wildman–Crippen MR) is 65.2 cm³/mol. The maximum absolute atomic E-state index is 3.53. The van der Waals surface area contributed by atoms with Gasteiger partial charge in [-0.2, -0.15) is 0 Å². The maximum Gasteiger partial charge on any atom is 0.00235 e. The monoisotopic (exact) mass is 203 g/mol. The van der Waals surface area contributed by atoms with E-state index in [4.69, 9.17) is 0 Å². The summed E-state index contributed by atoms with van der Waals surface area (Å²) in [6.07, 6.45) is 2.65. The van der Waals surface area contributed by atoms with Crippen LogP contribution in [0, 0.1) is 12.8 Å². The molecule has 0 aromatic heterocycles. The zero-order valence-corrected chi connectivity index (χ0v) is 9.79. The van der Waals surface area contributed by atoms with Crippen LogP contribution >= 0.6 is 0 Å². The van der Waals surface area contributed by atoms with Gasteiger partial charge < -0.3 is 5.32 Å². The highest BCUT2D eigenvalue weighted by Gasteiger charge is 2.28. The lowest BCUT2D eigenvalue weighted by Crippen LogP contribution is -2.11. The Morgan fingerprint density at radius 2 is 2.07 bits per heavy atom. The Morgan fingerprint density at radius 3 is 2.80 bits per heavy atom. The molecule has 0 unspecified atom stereocenters. The molecular formula is C14H21N. The first kappa shape index (κ1) is 10.7. The van der Waals surface area contributed by atoms with Crippen LogP contribution < -0.4 is 5.32 Å². The van der Waals surface area contributed by atoms with Crippen molar-refractivity contribution in [3.63, 3.8) is 0 Å². The molecule has 1 aliphatic heterocycles. The zero-order chi connectivity index (χ0) is 10.7. The smallest absolute Gasteiger partial charge is 0.00235 e. The Kier molecular flexibility index (Phi) is 3.42. The Bertz CT molecular complexity index is 319. The minimum Gasteiger partial charge on any atom is -0.316 e. The summed E-state index contributed by atoms with van der Waals surface area (Å²) in [6, 6.07) is 8.84. The number of hydrogen-bond donors (Lipinski definition) is 1. The van der Waals surface area contributed by atoms with Crippen LogP contribution in [0.1, 0.15) is 36.8 Å². The molecule has 1 heterocycles. The van der Waals surface area contributed by atoms with Gasteiger partial charge in [-0.05, 0) is 36.9 Å². The van der Waals surface area contributed by atoms with Gasteiger partial charge in [-0.25, -0.2) is 0 Å². The van der Waals surface area contributed by atoms with E-state index in [2.05, 4.69) is 43.4 Å². The Morgan fingerprint density at radius 1 is 1.27 bits per heavy atom. The van der Waals surface area contributed by atoms with E-state index in [1.165, 1.54) is 24.9 Å². The molecule has 2 atom stereocenters. The summed E-state index contributed by atoms with van der Waals surface area (Å²) >= 11 is 0. The van der Waals surface area contributed by atoms with Gasteiger partial charge in [0.15, 0.2) is 0 Å². The molecule has 1 aromatic rings. The predicted octanol–water partition coefficient (Wildman–Crippen LogP) is 3.10. The molecule has 0 radical (unpaired) electrons. The molecule has 15 heavy (non-hydrogen) atoms. The second kappa shape index (κ2) is 4.80. The van der Waals surface area contributed by atoms with Crippen molar-refractivity contribution in [1.29, 1.82) is 0 Å². The van der Waals surface area contributed by atoms with Crippen LogP contribution in [0.4, 0.5) is 0 Å². The van der Waals surface area contributed by atoms with Crippen LogP contribution in [-0.4, -0.2) is 13.1 Å². The average molecular weight is 203 g/mol. The summed E-state index contributed by atoms with van der Waals surface area (Å²) in [7, 11) is 0. The van der Waals surface area contributed by atoms with Gasteiger partial charge >= 0.3 is 0 Å². The van der Waals surface area contributed by atoms with Crippen molar-refractivity contribution in [1.82, 2.24) is 5.32 Å². The van der Waals surface area contributed by atoms with Crippen LogP contribution in [0.15, 0.2) is 24.3 Å². The van der Waals surface area contributed by atoms with Crippen LogP contribution in [0.2, 0.25) is 0 Å². The molecule has 1 nitrogen and oxygen atoms in total. The highest BCUT2D eigenvalue weighted by atomic mass is 14.9. The van der Waals surface area contributed by atoms with E-state index in [0.717, 1.165) is 18.4 Å². The van der Waals surface area contributed by atoms with Gasteiger partial charge in [-0.3, -0.25) is 0 Å². The van der Waals surface area contributed by atoms with Crippen molar-refractivity contribution < 1.29 is 0 Å². The second-order valence-corrected chi connectivity index (χ2v) is 4.67. The third kappa shape index (κ3) is 2.23. The first-order valence-corrected chi connectivity index (χ1v) is 6.09. The molecule has 0 amide bonds. The van der Waals surface area contributed by atoms with Gasteiger partial charge in [0.05, 0.1) is 0 Å². The molecule has 82 valence electrons. The van der Waals surface area contributed by atoms with E-state index in [0.29, 0.717) is 0 Å². The van der Waals surface area contributed by atoms with Crippen molar-refractivity contribution in [2.24, 2.45) is 5.92 Å². The molecule has 0 spiro atoms. The fraction of sp³-hybridized carbons (Fsp3) is 0.571. The molecule has 1 aromatic carbocycles. The minimum absolute atomic E-state index is 0.742. The van der Waals surface area contributed by atoms with Crippen molar-refractivity contribution >= 4 is 0 Å². The zero-order valence-electron chi connectivity index (χ0n) is 9.79.